The van der Waals surface area contributed by atoms with Crippen LogP contribution in [0.4, 0.5) is 0 Å². The van der Waals surface area contributed by atoms with Gasteiger partial charge in [0.25, 0.3) is 0 Å². The zero-order valence-corrected chi connectivity index (χ0v) is 6.62. The Labute approximate surface area is 62.9 Å². The molecular formula is C10H14. The molecule has 1 aliphatic rings. The van der Waals surface area contributed by atoms with Crippen molar-refractivity contribution in [1.29, 1.82) is 0 Å². The summed E-state index contributed by atoms with van der Waals surface area (Å²) in [6.07, 6.45) is 12.8. The van der Waals surface area contributed by atoms with E-state index in [0.717, 1.165) is 0 Å². The van der Waals surface area contributed by atoms with Gasteiger partial charge in [-0.1, -0.05) is 50.3 Å². The van der Waals surface area contributed by atoms with E-state index in [1.807, 2.05) is 0 Å². The monoisotopic (exact) mass is 134 g/mol. The number of hydrogen-bond donors (Lipinski definition) is 0. The Bertz CT molecular complexity index is 152. The van der Waals surface area contributed by atoms with E-state index in [1.54, 1.807) is 0 Å². The molecule has 0 radical (unpaired) electrons. The Morgan fingerprint density at radius 2 is 1.10 bits per heavy atom. The van der Waals surface area contributed by atoms with Gasteiger partial charge in [-0.05, 0) is 11.8 Å². The quantitative estimate of drug-likeness (QED) is 0.478. The molecule has 0 bridgehead atoms. The molecule has 0 aromatic heterocycles. The van der Waals surface area contributed by atoms with E-state index in [2.05, 4.69) is 50.3 Å². The van der Waals surface area contributed by atoms with Crippen LogP contribution in [0, 0.1) is 11.8 Å². The second-order valence-electron chi connectivity index (χ2n) is 2.87. The van der Waals surface area contributed by atoms with Crippen LogP contribution in [0.25, 0.3) is 0 Å². The molecule has 1 rings (SSSR count). The van der Waals surface area contributed by atoms with Crippen molar-refractivity contribution in [2.45, 2.75) is 13.8 Å². The van der Waals surface area contributed by atoms with E-state index < -0.39 is 0 Å². The third-order valence-corrected chi connectivity index (χ3v) is 1.99. The molecule has 2 atom stereocenters. The minimum atomic E-state index is 0.668. The Kier molecular flexibility index (Phi) is 2.49. The van der Waals surface area contributed by atoms with E-state index in [4.69, 9.17) is 0 Å². The maximum atomic E-state index is 2.24. The van der Waals surface area contributed by atoms with Crippen molar-refractivity contribution in [3.63, 3.8) is 0 Å². The second-order valence-corrected chi connectivity index (χ2v) is 2.87. The molecule has 0 nitrogen and oxygen atoms in total. The Morgan fingerprint density at radius 3 is 1.50 bits per heavy atom. The molecule has 0 spiro atoms. The first-order chi connectivity index (χ1) is 4.80. The molecule has 0 saturated carbocycles. The van der Waals surface area contributed by atoms with E-state index in [9.17, 15) is 0 Å². The molecule has 0 heterocycles. The van der Waals surface area contributed by atoms with E-state index in [1.165, 1.54) is 0 Å². The third-order valence-electron chi connectivity index (χ3n) is 1.99. The fourth-order valence-corrected chi connectivity index (χ4v) is 0.958. The molecular weight excluding hydrogens is 120 g/mol. The van der Waals surface area contributed by atoms with Crippen LogP contribution in [0.1, 0.15) is 13.8 Å². The summed E-state index contributed by atoms with van der Waals surface area (Å²) < 4.78 is 0. The van der Waals surface area contributed by atoms with Crippen LogP contribution in [0.3, 0.4) is 0 Å². The van der Waals surface area contributed by atoms with Crippen LogP contribution in [0.2, 0.25) is 0 Å². The van der Waals surface area contributed by atoms with Gasteiger partial charge in [-0.25, -0.2) is 0 Å². The summed E-state index contributed by atoms with van der Waals surface area (Å²) in [7, 11) is 0. The summed E-state index contributed by atoms with van der Waals surface area (Å²) in [6.45, 7) is 4.48. The summed E-state index contributed by atoms with van der Waals surface area (Å²) in [4.78, 5) is 0. The molecule has 10 heavy (non-hydrogen) atoms. The Hall–Kier alpha value is -0.780. The van der Waals surface area contributed by atoms with Gasteiger partial charge in [0.2, 0.25) is 0 Å². The summed E-state index contributed by atoms with van der Waals surface area (Å²) in [5, 5.41) is 0. The summed E-state index contributed by atoms with van der Waals surface area (Å²) in [5.41, 5.74) is 0. The van der Waals surface area contributed by atoms with Crippen LogP contribution < -0.4 is 0 Å². The van der Waals surface area contributed by atoms with Crippen molar-refractivity contribution >= 4 is 0 Å². The minimum Gasteiger partial charge on any atom is -0.0811 e. The maximum absolute atomic E-state index is 2.24. The lowest BCUT2D eigenvalue weighted by atomic mass is 9.94. The highest BCUT2D eigenvalue weighted by atomic mass is 14.1. The lowest BCUT2D eigenvalue weighted by Gasteiger charge is -2.11. The molecule has 1 aliphatic carbocycles. The molecule has 0 unspecified atom stereocenters. The molecule has 0 saturated heterocycles. The Morgan fingerprint density at radius 1 is 0.700 bits per heavy atom. The van der Waals surface area contributed by atoms with Crippen LogP contribution in [0.15, 0.2) is 36.5 Å². The van der Waals surface area contributed by atoms with Gasteiger partial charge in [-0.15, -0.1) is 0 Å². The number of allylic oxidation sites excluding steroid dienone is 6. The van der Waals surface area contributed by atoms with Crippen LogP contribution in [0.5, 0.6) is 0 Å². The van der Waals surface area contributed by atoms with Gasteiger partial charge in [0.1, 0.15) is 0 Å². The van der Waals surface area contributed by atoms with Crippen molar-refractivity contribution in [3.05, 3.63) is 36.5 Å². The normalized spacial score (nSPS) is 41.4. The summed E-state index contributed by atoms with van der Waals surface area (Å²) >= 11 is 0. The highest BCUT2D eigenvalue weighted by Gasteiger charge is 2.04. The Balaban J connectivity index is 2.71. The minimum absolute atomic E-state index is 0.668. The van der Waals surface area contributed by atoms with E-state index in [0.29, 0.717) is 11.8 Å². The fraction of sp³-hybridized carbons (Fsp3) is 0.400. The zero-order valence-electron chi connectivity index (χ0n) is 6.62. The van der Waals surface area contributed by atoms with Crippen molar-refractivity contribution < 1.29 is 0 Å². The van der Waals surface area contributed by atoms with Crippen LogP contribution in [-0.2, 0) is 0 Å². The summed E-state index contributed by atoms with van der Waals surface area (Å²) in [5.74, 6) is 1.34. The lowest BCUT2D eigenvalue weighted by Crippen LogP contribution is -2.01. The van der Waals surface area contributed by atoms with Gasteiger partial charge in [-0.3, -0.25) is 0 Å². The van der Waals surface area contributed by atoms with Gasteiger partial charge in [-0.2, -0.15) is 0 Å². The first-order valence-electron chi connectivity index (χ1n) is 3.82. The standard InChI is InChI=1S/C10H14/c1-9-7-5-3-4-6-8-10(9)2/h3-10H,1-2H3/b4-3-,7-5-,8-6-/t9-,10-/m0/s1. The van der Waals surface area contributed by atoms with Crippen molar-refractivity contribution in [2.75, 3.05) is 0 Å². The molecule has 0 fully saturated rings. The van der Waals surface area contributed by atoms with Gasteiger partial charge in [0.15, 0.2) is 0 Å². The topological polar surface area (TPSA) is 0 Å². The fourth-order valence-electron chi connectivity index (χ4n) is 0.958. The van der Waals surface area contributed by atoms with Crippen LogP contribution >= 0.6 is 0 Å². The molecule has 0 aromatic rings. The smallest absolute Gasteiger partial charge is 0.0198 e. The largest absolute Gasteiger partial charge is 0.0811 e. The van der Waals surface area contributed by atoms with Crippen molar-refractivity contribution in [3.8, 4) is 0 Å². The predicted octanol–water partition coefficient (Wildman–Crippen LogP) is 2.94. The zero-order chi connectivity index (χ0) is 7.40. The van der Waals surface area contributed by atoms with Gasteiger partial charge in [0.05, 0.1) is 0 Å². The maximum Gasteiger partial charge on any atom is -0.0198 e. The molecule has 0 aliphatic heterocycles. The molecule has 54 valence electrons. The average Bonchev–Trinajstić information content (AvgIpc) is 1.92. The molecule has 0 amide bonds. The molecule has 0 aromatic carbocycles. The lowest BCUT2D eigenvalue weighted by molar-refractivity contribution is 0.558. The predicted molar refractivity (Wildman–Crippen MR) is 45.7 cm³/mol. The van der Waals surface area contributed by atoms with Gasteiger partial charge < -0.3 is 0 Å². The average molecular weight is 134 g/mol. The SMILES string of the molecule is C[C@H]1\C=C/C=C\C=C/[C@@H]1C. The highest BCUT2D eigenvalue weighted by Crippen LogP contribution is 2.14. The summed E-state index contributed by atoms with van der Waals surface area (Å²) in [6, 6.07) is 0. The molecule has 0 heteroatoms. The van der Waals surface area contributed by atoms with E-state index >= 15 is 0 Å². The number of rotatable bonds is 0. The first-order valence-corrected chi connectivity index (χ1v) is 3.82. The first kappa shape index (κ1) is 7.33. The van der Waals surface area contributed by atoms with Gasteiger partial charge >= 0.3 is 0 Å². The highest BCUT2D eigenvalue weighted by molar-refractivity contribution is 5.16. The van der Waals surface area contributed by atoms with E-state index in [-0.39, 0.29) is 0 Å². The van der Waals surface area contributed by atoms with Gasteiger partial charge in [0, 0.05) is 0 Å². The molecule has 0 N–H and O–H groups in total. The van der Waals surface area contributed by atoms with Crippen molar-refractivity contribution in [1.82, 2.24) is 0 Å². The van der Waals surface area contributed by atoms with Crippen LogP contribution in [-0.4, -0.2) is 0 Å². The third kappa shape index (κ3) is 1.87. The second kappa shape index (κ2) is 3.40. The number of hydrogen-bond acceptors (Lipinski definition) is 0. The van der Waals surface area contributed by atoms with Crippen molar-refractivity contribution in [2.24, 2.45) is 11.8 Å².